The highest BCUT2D eigenvalue weighted by Crippen LogP contribution is 2.09. The second-order valence-electron chi connectivity index (χ2n) is 7.38. The molecule has 31 heavy (non-hydrogen) atoms. The zero-order valence-corrected chi connectivity index (χ0v) is 21.8. The van der Waals surface area contributed by atoms with Crippen molar-refractivity contribution < 1.29 is 10.2 Å². The maximum Gasteiger partial charge on any atom is 0.0553 e. The highest BCUT2D eigenvalue weighted by molar-refractivity contribution is 4.56. The fourth-order valence-corrected chi connectivity index (χ4v) is 2.01. The van der Waals surface area contributed by atoms with Crippen LogP contribution in [0.2, 0.25) is 0 Å². The molecule has 1 unspecified atom stereocenters. The van der Waals surface area contributed by atoms with Gasteiger partial charge in [-0.1, -0.05) is 72.6 Å². The van der Waals surface area contributed by atoms with Crippen molar-refractivity contribution in [2.75, 3.05) is 45.9 Å². The van der Waals surface area contributed by atoms with Gasteiger partial charge >= 0.3 is 0 Å². The van der Waals surface area contributed by atoms with Crippen LogP contribution in [0.25, 0.3) is 0 Å². The summed E-state index contributed by atoms with van der Waals surface area (Å²) in [6, 6.07) is 0. The van der Waals surface area contributed by atoms with Crippen LogP contribution in [0.4, 0.5) is 0 Å². The van der Waals surface area contributed by atoms with Crippen LogP contribution < -0.4 is 28.7 Å². The van der Waals surface area contributed by atoms with E-state index in [4.69, 9.17) is 38.9 Å². The highest BCUT2D eigenvalue weighted by Gasteiger charge is 2.00. The van der Waals surface area contributed by atoms with Gasteiger partial charge in [-0.3, -0.25) is 0 Å². The van der Waals surface area contributed by atoms with E-state index in [1.54, 1.807) is 0 Å². The average molecular weight is 454 g/mol. The Morgan fingerprint density at radius 2 is 0.968 bits per heavy atom. The molecule has 0 aliphatic rings. The Kier molecular flexibility index (Phi) is 68.8. The molecule has 7 heteroatoms. The third-order valence-electron chi connectivity index (χ3n) is 4.23. The number of hydrogen-bond acceptors (Lipinski definition) is 7. The van der Waals surface area contributed by atoms with Crippen LogP contribution in [0.3, 0.4) is 0 Å². The quantitative estimate of drug-likeness (QED) is 0.187. The molecule has 0 aliphatic carbocycles. The van der Waals surface area contributed by atoms with Crippen LogP contribution in [0.5, 0.6) is 0 Å². The molecule has 0 fully saturated rings. The topological polar surface area (TPSA) is 171 Å². The van der Waals surface area contributed by atoms with Crippen molar-refractivity contribution in [1.29, 1.82) is 0 Å². The van der Waals surface area contributed by atoms with Gasteiger partial charge in [0, 0.05) is 13.2 Å². The van der Waals surface area contributed by atoms with E-state index in [0.717, 1.165) is 38.4 Å². The van der Waals surface area contributed by atoms with E-state index in [1.807, 2.05) is 0 Å². The molecule has 0 amide bonds. The van der Waals surface area contributed by atoms with Gasteiger partial charge in [-0.05, 0) is 64.2 Å². The first-order chi connectivity index (χ1) is 15.0. The van der Waals surface area contributed by atoms with Crippen LogP contribution in [-0.4, -0.2) is 56.2 Å². The first-order valence-corrected chi connectivity index (χ1v) is 12.7. The fourth-order valence-electron chi connectivity index (χ4n) is 2.01. The van der Waals surface area contributed by atoms with Crippen LogP contribution >= 0.6 is 0 Å². The second-order valence-corrected chi connectivity index (χ2v) is 7.38. The van der Waals surface area contributed by atoms with Gasteiger partial charge in [-0.25, -0.2) is 0 Å². The molecule has 0 aromatic heterocycles. The summed E-state index contributed by atoms with van der Waals surface area (Å²) in [6.45, 7) is 12.8. The second kappa shape index (κ2) is 52.0. The minimum Gasteiger partial charge on any atom is -0.396 e. The van der Waals surface area contributed by atoms with Crippen molar-refractivity contribution in [2.24, 2.45) is 34.6 Å². The van der Waals surface area contributed by atoms with Gasteiger partial charge in [0.1, 0.15) is 0 Å². The Hall–Kier alpha value is -0.280. The highest BCUT2D eigenvalue weighted by atomic mass is 16.3. The summed E-state index contributed by atoms with van der Waals surface area (Å²) in [5.74, 6) is 0.782. The maximum absolute atomic E-state index is 8.14. The molecule has 0 aromatic carbocycles. The van der Waals surface area contributed by atoms with Crippen molar-refractivity contribution in [3.63, 3.8) is 0 Å². The van der Waals surface area contributed by atoms with Crippen molar-refractivity contribution in [1.82, 2.24) is 0 Å². The third kappa shape index (κ3) is 72.7. The lowest BCUT2D eigenvalue weighted by molar-refractivity contribution is 0.285. The molecular formula is C24H63N5O2. The molecule has 0 aliphatic heterocycles. The monoisotopic (exact) mass is 453 g/mol. The minimum absolute atomic E-state index is 0.0972. The van der Waals surface area contributed by atoms with Gasteiger partial charge in [-0.15, -0.1) is 0 Å². The predicted octanol–water partition coefficient (Wildman–Crippen LogP) is 3.09. The molecule has 0 bridgehead atoms. The molecule has 0 radical (unpaired) electrons. The van der Waals surface area contributed by atoms with Gasteiger partial charge < -0.3 is 38.9 Å². The van der Waals surface area contributed by atoms with E-state index < -0.39 is 0 Å². The summed E-state index contributed by atoms with van der Waals surface area (Å²) < 4.78 is 0. The lowest BCUT2D eigenvalue weighted by Crippen LogP contribution is -2.12. The number of hydrogen-bond donors (Lipinski definition) is 7. The van der Waals surface area contributed by atoms with Gasteiger partial charge in [0.2, 0.25) is 0 Å². The normalized spacial score (nSPS) is 10.2. The number of unbranched alkanes of at least 4 members (excludes halogenated alkanes) is 6. The van der Waals surface area contributed by atoms with Crippen molar-refractivity contribution in [3.8, 4) is 0 Å². The molecule has 1 atom stereocenters. The summed E-state index contributed by atoms with van der Waals surface area (Å²) in [4.78, 5) is 0. The Morgan fingerprint density at radius 1 is 0.516 bits per heavy atom. The standard InChI is InChI=1S/C8H19N.C6H15N.C4H11NO.C4H11N.C2H7NO/c1-3-5-6-8(4-2)7-9;1-2-3-4-5-6-7;5-3-1-2-4-6;1-2-3-4-5;3-1-2-4/h8H,3-7,9H2,1-2H3;2-7H2,1H3;6H,1-5H2;2-5H2,1H3;4H,1-3H2. The maximum atomic E-state index is 8.14. The molecule has 12 N–H and O–H groups in total. The number of rotatable bonds is 15. The Bertz CT molecular complexity index is 210. The number of nitrogens with two attached hydrogens (primary N) is 5. The predicted molar refractivity (Wildman–Crippen MR) is 141 cm³/mol. The first kappa shape index (κ1) is 41.0. The molecule has 0 spiro atoms. The van der Waals surface area contributed by atoms with Crippen molar-refractivity contribution in [2.45, 2.75) is 105 Å². The van der Waals surface area contributed by atoms with E-state index >= 15 is 0 Å². The largest absolute Gasteiger partial charge is 0.396 e. The fraction of sp³-hybridized carbons (Fsp3) is 1.00. The molecule has 0 heterocycles. The van der Waals surface area contributed by atoms with Crippen LogP contribution in [0.15, 0.2) is 0 Å². The molecule has 7 nitrogen and oxygen atoms in total. The first-order valence-electron chi connectivity index (χ1n) is 12.7. The Labute approximate surface area is 195 Å². The molecule has 0 aromatic rings. The van der Waals surface area contributed by atoms with Crippen LogP contribution in [0.1, 0.15) is 105 Å². The summed E-state index contributed by atoms with van der Waals surface area (Å²) in [7, 11) is 0. The summed E-state index contributed by atoms with van der Waals surface area (Å²) in [6.07, 6.45) is 14.5. The van der Waals surface area contributed by atoms with E-state index in [2.05, 4.69) is 27.7 Å². The van der Waals surface area contributed by atoms with E-state index in [1.165, 1.54) is 64.2 Å². The average Bonchev–Trinajstić information content (AvgIpc) is 2.81. The zero-order chi connectivity index (χ0) is 25.0. The van der Waals surface area contributed by atoms with Crippen LogP contribution in [0, 0.1) is 5.92 Å². The minimum atomic E-state index is 0.0972. The molecule has 0 rings (SSSR count). The number of aliphatic hydroxyl groups excluding tert-OH is 2. The zero-order valence-electron chi connectivity index (χ0n) is 21.8. The van der Waals surface area contributed by atoms with Gasteiger partial charge in [0.05, 0.1) is 6.61 Å². The third-order valence-corrected chi connectivity index (χ3v) is 4.23. The lowest BCUT2D eigenvalue weighted by Gasteiger charge is -2.09. The van der Waals surface area contributed by atoms with E-state index in [-0.39, 0.29) is 13.2 Å². The van der Waals surface area contributed by atoms with Gasteiger partial charge in [0.15, 0.2) is 0 Å². The summed E-state index contributed by atoms with van der Waals surface area (Å²) >= 11 is 0. The van der Waals surface area contributed by atoms with Gasteiger partial charge in [-0.2, -0.15) is 0 Å². The van der Waals surface area contributed by atoms with Crippen molar-refractivity contribution in [3.05, 3.63) is 0 Å². The SMILES string of the molecule is CCCCC(CC)CN.CCCCCCN.CCCCN.NCCCCO.NCCO. The summed E-state index contributed by atoms with van der Waals surface area (Å²) in [5, 5.41) is 15.9. The molecule has 0 saturated heterocycles. The van der Waals surface area contributed by atoms with Gasteiger partial charge in [0.25, 0.3) is 0 Å². The Balaban J connectivity index is -0.0000000935. The summed E-state index contributed by atoms with van der Waals surface area (Å²) in [5.41, 5.74) is 25.8. The Morgan fingerprint density at radius 3 is 1.19 bits per heavy atom. The molecule has 0 saturated carbocycles. The number of aliphatic hydroxyl groups is 2. The smallest absolute Gasteiger partial charge is 0.0553 e. The molecular weight excluding hydrogens is 390 g/mol. The van der Waals surface area contributed by atoms with Crippen molar-refractivity contribution >= 4 is 0 Å². The van der Waals surface area contributed by atoms with Crippen LogP contribution in [-0.2, 0) is 0 Å². The van der Waals surface area contributed by atoms with E-state index in [0.29, 0.717) is 13.1 Å². The molecule has 196 valence electrons. The van der Waals surface area contributed by atoms with E-state index in [9.17, 15) is 0 Å². The lowest BCUT2D eigenvalue weighted by atomic mass is 10.00.